The topological polar surface area (TPSA) is 18.5 Å². The molecule has 4 heterocycles. The van der Waals surface area contributed by atoms with E-state index in [1.807, 2.05) is 108 Å². The first-order chi connectivity index (χ1) is 25.5. The zero-order valence-corrected chi connectivity index (χ0v) is 34.6. The van der Waals surface area contributed by atoms with E-state index in [0.717, 1.165) is 23.0 Å². The molecule has 0 unspecified atom stereocenters. The van der Waals surface area contributed by atoms with E-state index >= 15 is 0 Å². The van der Waals surface area contributed by atoms with E-state index in [2.05, 4.69) is 118 Å². The lowest BCUT2D eigenvalue weighted by Crippen LogP contribution is -2.62. The molecule has 0 saturated heterocycles. The van der Waals surface area contributed by atoms with Crippen LogP contribution in [-0.2, 0) is 0 Å². The van der Waals surface area contributed by atoms with E-state index in [1.54, 1.807) is 0 Å². The fraction of sp³-hybridized carbons (Fsp3) is 0. The average Bonchev–Trinajstić information content (AvgIpc) is 3.14. The molecular formula is C42H22B2I2O2S4. The highest BCUT2D eigenvalue weighted by Gasteiger charge is 2.43. The van der Waals surface area contributed by atoms with Gasteiger partial charge in [0.15, 0.2) is 0 Å². The summed E-state index contributed by atoms with van der Waals surface area (Å²) in [5, 5.41) is 0. The Kier molecular flexibility index (Phi) is 8.06. The van der Waals surface area contributed by atoms with Crippen molar-refractivity contribution in [3.8, 4) is 23.0 Å². The number of fused-ring (bicyclic) bond motifs is 8. The molecule has 4 aliphatic rings. The van der Waals surface area contributed by atoms with Gasteiger partial charge in [0, 0.05) is 46.3 Å². The summed E-state index contributed by atoms with van der Waals surface area (Å²) in [4.78, 5) is 10.4. The van der Waals surface area contributed by atoms with Gasteiger partial charge < -0.3 is 9.47 Å². The smallest absolute Gasteiger partial charge is 0.247 e. The van der Waals surface area contributed by atoms with Gasteiger partial charge in [-0.1, -0.05) is 123 Å². The maximum absolute atomic E-state index is 6.47. The molecule has 2 nitrogen and oxygen atoms in total. The van der Waals surface area contributed by atoms with Gasteiger partial charge in [0.25, 0.3) is 0 Å². The van der Waals surface area contributed by atoms with E-state index in [0.29, 0.717) is 0 Å². The molecule has 0 N–H and O–H groups in total. The Bertz CT molecular complexity index is 2460. The third-order valence-corrected chi connectivity index (χ3v) is 15.8. The second-order valence-electron chi connectivity index (χ2n) is 13.1. The standard InChI is InChI=1S/C42H22B2I2O2S4/c45-23-11-13-29-33(15-23)49-37-17-27(47-25-7-3-1-4-8-25)19-39-41(37)43(29)31-21-32-36(22-35(31)51-39)52-40-20-28(48-26-9-5-2-6-10-26)18-38-42(40)44(32)30-14-12-24(46)16-34(30)50-38/h1-22H. The van der Waals surface area contributed by atoms with Gasteiger partial charge in [0.2, 0.25) is 13.4 Å². The molecular weight excluding hydrogens is 940 g/mol. The summed E-state index contributed by atoms with van der Waals surface area (Å²) in [5.41, 5.74) is 8.38. The highest BCUT2D eigenvalue weighted by atomic mass is 127. The summed E-state index contributed by atoms with van der Waals surface area (Å²) >= 11 is 12.4. The molecule has 4 aliphatic heterocycles. The van der Waals surface area contributed by atoms with Gasteiger partial charge in [-0.25, -0.2) is 0 Å². The summed E-state index contributed by atoms with van der Waals surface area (Å²) in [5.74, 6) is 3.45. The van der Waals surface area contributed by atoms with Crippen LogP contribution in [0.25, 0.3) is 0 Å². The highest BCUT2D eigenvalue weighted by molar-refractivity contribution is 14.1. The number of hydrogen-bond acceptors (Lipinski definition) is 6. The molecule has 52 heavy (non-hydrogen) atoms. The molecule has 0 aliphatic carbocycles. The minimum Gasteiger partial charge on any atom is -0.457 e. The maximum Gasteiger partial charge on any atom is 0.247 e. The van der Waals surface area contributed by atoms with Crippen LogP contribution in [0.4, 0.5) is 0 Å². The third-order valence-electron chi connectivity index (χ3n) is 9.91. The Morgan fingerprint density at radius 2 is 0.731 bits per heavy atom. The first-order valence-corrected chi connectivity index (χ1v) is 22.2. The van der Waals surface area contributed by atoms with Crippen LogP contribution in [0.2, 0.25) is 0 Å². The summed E-state index contributed by atoms with van der Waals surface area (Å²) in [6, 6.07) is 48.2. The number of rotatable bonds is 4. The Labute approximate surface area is 347 Å². The first kappa shape index (κ1) is 32.6. The van der Waals surface area contributed by atoms with Crippen molar-refractivity contribution in [3.05, 3.63) is 141 Å². The van der Waals surface area contributed by atoms with Crippen LogP contribution in [0.3, 0.4) is 0 Å². The lowest BCUT2D eigenvalue weighted by atomic mass is 9.33. The van der Waals surface area contributed by atoms with Gasteiger partial charge >= 0.3 is 0 Å². The summed E-state index contributed by atoms with van der Waals surface area (Å²) < 4.78 is 15.4. The molecule has 10 heteroatoms. The third kappa shape index (κ3) is 5.49. The molecule has 0 fully saturated rings. The van der Waals surface area contributed by atoms with Crippen LogP contribution in [0, 0.1) is 7.14 Å². The number of halogens is 2. The van der Waals surface area contributed by atoms with Gasteiger partial charge in [-0.3, -0.25) is 0 Å². The second kappa shape index (κ2) is 12.9. The van der Waals surface area contributed by atoms with E-state index < -0.39 is 0 Å². The molecule has 0 aromatic heterocycles. The van der Waals surface area contributed by atoms with Crippen LogP contribution < -0.4 is 42.3 Å². The second-order valence-corrected chi connectivity index (χ2v) is 19.9. The maximum atomic E-state index is 6.47. The van der Waals surface area contributed by atoms with Crippen molar-refractivity contribution in [1.82, 2.24) is 0 Å². The van der Waals surface area contributed by atoms with Crippen LogP contribution in [0.1, 0.15) is 0 Å². The molecule has 11 rings (SSSR count). The summed E-state index contributed by atoms with van der Waals surface area (Å²) in [6.07, 6.45) is 0. The minimum absolute atomic E-state index is 0.146. The number of ether oxygens (including phenoxy) is 2. The molecule has 246 valence electrons. The predicted molar refractivity (Wildman–Crippen MR) is 236 cm³/mol. The lowest BCUT2D eigenvalue weighted by molar-refractivity contribution is 0.480. The molecule has 7 aromatic rings. The van der Waals surface area contributed by atoms with Crippen molar-refractivity contribution in [2.45, 2.75) is 39.2 Å². The first-order valence-electron chi connectivity index (χ1n) is 16.8. The van der Waals surface area contributed by atoms with E-state index in [9.17, 15) is 0 Å². The van der Waals surface area contributed by atoms with Crippen LogP contribution in [0.5, 0.6) is 23.0 Å². The molecule has 0 spiro atoms. The summed E-state index contributed by atoms with van der Waals surface area (Å²) in [7, 11) is 0. The van der Waals surface area contributed by atoms with Gasteiger partial charge in [-0.15, -0.1) is 0 Å². The number of para-hydroxylation sites is 2. The highest BCUT2D eigenvalue weighted by Crippen LogP contribution is 2.45. The average molecular weight is 962 g/mol. The van der Waals surface area contributed by atoms with E-state index in [-0.39, 0.29) is 13.4 Å². The van der Waals surface area contributed by atoms with E-state index in [4.69, 9.17) is 9.47 Å². The Morgan fingerprint density at radius 3 is 1.13 bits per heavy atom. The molecule has 0 radical (unpaired) electrons. The van der Waals surface area contributed by atoms with Crippen molar-refractivity contribution in [1.29, 1.82) is 0 Å². The molecule has 7 aromatic carbocycles. The number of hydrogen-bond donors (Lipinski definition) is 0. The van der Waals surface area contributed by atoms with Crippen LogP contribution in [0.15, 0.2) is 173 Å². The number of benzene rings is 7. The molecule has 0 bridgehead atoms. The fourth-order valence-electron chi connectivity index (χ4n) is 7.75. The Hall–Kier alpha value is -2.87. The molecule has 0 saturated carbocycles. The zero-order valence-electron chi connectivity index (χ0n) is 27.1. The largest absolute Gasteiger partial charge is 0.457 e. The van der Waals surface area contributed by atoms with Crippen molar-refractivity contribution in [2.75, 3.05) is 0 Å². The minimum atomic E-state index is 0.146. The van der Waals surface area contributed by atoms with Crippen LogP contribution >= 0.6 is 92.2 Å². The quantitative estimate of drug-likeness (QED) is 0.129. The van der Waals surface area contributed by atoms with Crippen molar-refractivity contribution in [2.24, 2.45) is 0 Å². The van der Waals surface area contributed by atoms with Gasteiger partial charge in [-0.05, 0) is 135 Å². The lowest BCUT2D eigenvalue weighted by Gasteiger charge is -2.37. The zero-order chi connectivity index (χ0) is 34.5. The Balaban J connectivity index is 1.09. The predicted octanol–water partition coefficient (Wildman–Crippen LogP) is 9.37. The van der Waals surface area contributed by atoms with Gasteiger partial charge in [0.05, 0.1) is 0 Å². The fourth-order valence-corrected chi connectivity index (χ4v) is 14.3. The molecule has 0 atom stereocenters. The van der Waals surface area contributed by atoms with E-state index in [1.165, 1.54) is 79.1 Å². The Morgan fingerprint density at radius 1 is 0.346 bits per heavy atom. The van der Waals surface area contributed by atoms with Gasteiger partial charge in [0.1, 0.15) is 23.0 Å². The normalized spacial score (nSPS) is 14.0. The molecule has 0 amide bonds. The van der Waals surface area contributed by atoms with Crippen LogP contribution in [-0.4, -0.2) is 13.4 Å². The van der Waals surface area contributed by atoms with Gasteiger partial charge in [-0.2, -0.15) is 0 Å². The summed E-state index contributed by atoms with van der Waals surface area (Å²) in [6.45, 7) is 0.291. The van der Waals surface area contributed by atoms with Crippen molar-refractivity contribution in [3.63, 3.8) is 0 Å². The van der Waals surface area contributed by atoms with Crippen molar-refractivity contribution >= 4 is 138 Å². The SMILES string of the molecule is Ic1ccc2c(c1)Sc1cc(Oc3ccccc3)cc3c1B2c1cc2c(cc1S3)Sc1cc(Oc3ccccc3)cc3c1B2c1ccc(I)cc1S3. The monoisotopic (exact) mass is 962 g/mol. The van der Waals surface area contributed by atoms with Crippen molar-refractivity contribution < 1.29 is 9.47 Å².